The van der Waals surface area contributed by atoms with Crippen LogP contribution in [0.25, 0.3) is 0 Å². The summed E-state index contributed by atoms with van der Waals surface area (Å²) in [6.07, 6.45) is 5.37. The Hall–Kier alpha value is -2.78. The van der Waals surface area contributed by atoms with Gasteiger partial charge in [-0.15, -0.1) is 0 Å². The van der Waals surface area contributed by atoms with E-state index in [-0.39, 0.29) is 17.7 Å². The first-order valence-electron chi connectivity index (χ1n) is 13.2. The number of benzene rings is 2. The smallest absolute Gasteiger partial charge is 0.220 e. The Morgan fingerprint density at radius 1 is 1.00 bits per heavy atom. The number of amides is 1. The first-order valence-corrected chi connectivity index (χ1v) is 14.9. The lowest BCUT2D eigenvalue weighted by atomic mass is 10.0. The van der Waals surface area contributed by atoms with E-state index in [9.17, 15) is 13.2 Å². The number of likely N-dealkylation sites (tertiary alicyclic amines) is 1. The molecule has 0 aliphatic carbocycles. The summed E-state index contributed by atoms with van der Waals surface area (Å²) in [6.45, 7) is 4.06. The fourth-order valence-electron chi connectivity index (χ4n) is 4.89. The third kappa shape index (κ3) is 8.10. The molecule has 0 radical (unpaired) electrons. The summed E-state index contributed by atoms with van der Waals surface area (Å²) in [5, 5.41) is 3.23. The molecule has 9 heteroatoms. The SMILES string of the molecule is COc1ccc(S(=O)(=O)CCCCCC(=O)NC(Cc2ccc3c(c2)OCCO3)CN2CCCC2)cc1. The molecule has 0 aromatic heterocycles. The Kier molecular flexibility index (Phi) is 9.68. The highest BCUT2D eigenvalue weighted by molar-refractivity contribution is 7.91. The second kappa shape index (κ2) is 13.1. The zero-order chi connectivity index (χ0) is 26.1. The molecular weight excluding hydrogens is 492 g/mol. The van der Waals surface area contributed by atoms with Crippen molar-refractivity contribution in [2.24, 2.45) is 0 Å². The third-order valence-corrected chi connectivity index (χ3v) is 8.68. The van der Waals surface area contributed by atoms with Gasteiger partial charge in [0.15, 0.2) is 21.3 Å². The van der Waals surface area contributed by atoms with Crippen molar-refractivity contribution in [1.29, 1.82) is 0 Å². The normalized spacial score (nSPS) is 16.4. The van der Waals surface area contributed by atoms with Crippen molar-refractivity contribution in [2.45, 2.75) is 55.9 Å². The molecule has 8 nitrogen and oxygen atoms in total. The molecule has 0 saturated carbocycles. The van der Waals surface area contributed by atoms with E-state index >= 15 is 0 Å². The van der Waals surface area contributed by atoms with E-state index in [1.165, 1.54) is 12.8 Å². The summed E-state index contributed by atoms with van der Waals surface area (Å²) in [5.74, 6) is 2.24. The van der Waals surface area contributed by atoms with E-state index in [0.717, 1.165) is 43.1 Å². The Balaban J connectivity index is 1.24. The number of carbonyl (C=O) groups excluding carboxylic acids is 1. The minimum absolute atomic E-state index is 0.00334. The average Bonchev–Trinajstić information content (AvgIpc) is 3.41. The highest BCUT2D eigenvalue weighted by Gasteiger charge is 2.21. The van der Waals surface area contributed by atoms with Gasteiger partial charge in [0.2, 0.25) is 5.91 Å². The van der Waals surface area contributed by atoms with Gasteiger partial charge in [-0.25, -0.2) is 8.42 Å². The van der Waals surface area contributed by atoms with E-state index in [2.05, 4.69) is 10.2 Å². The Morgan fingerprint density at radius 2 is 1.73 bits per heavy atom. The van der Waals surface area contributed by atoms with Gasteiger partial charge in [0.05, 0.1) is 17.8 Å². The lowest BCUT2D eigenvalue weighted by Crippen LogP contribution is -2.44. The van der Waals surface area contributed by atoms with Gasteiger partial charge in [-0.1, -0.05) is 12.5 Å². The Morgan fingerprint density at radius 3 is 2.46 bits per heavy atom. The van der Waals surface area contributed by atoms with Crippen molar-refractivity contribution < 1.29 is 27.4 Å². The molecule has 0 spiro atoms. The van der Waals surface area contributed by atoms with Crippen molar-refractivity contribution >= 4 is 15.7 Å². The Labute approximate surface area is 220 Å². The van der Waals surface area contributed by atoms with Gasteiger partial charge in [-0.3, -0.25) is 4.79 Å². The fourth-order valence-corrected chi connectivity index (χ4v) is 6.26. The first kappa shape index (κ1) is 27.3. The maximum Gasteiger partial charge on any atom is 0.220 e. The topological polar surface area (TPSA) is 94.2 Å². The van der Waals surface area contributed by atoms with Crippen LogP contribution in [0.5, 0.6) is 17.2 Å². The second-order valence-corrected chi connectivity index (χ2v) is 11.9. The summed E-state index contributed by atoms with van der Waals surface area (Å²) < 4.78 is 41.6. The van der Waals surface area contributed by atoms with Gasteiger partial charge in [0, 0.05) is 19.0 Å². The van der Waals surface area contributed by atoms with Crippen LogP contribution in [0.4, 0.5) is 0 Å². The van der Waals surface area contributed by atoms with Gasteiger partial charge in [-0.2, -0.15) is 0 Å². The molecule has 2 aromatic rings. The number of nitrogens with zero attached hydrogens (tertiary/aromatic N) is 1. The number of carbonyl (C=O) groups is 1. The highest BCUT2D eigenvalue weighted by atomic mass is 32.2. The van der Waals surface area contributed by atoms with Crippen LogP contribution in [0, 0.1) is 0 Å². The Bertz CT molecular complexity index is 1130. The number of ether oxygens (including phenoxy) is 3. The van der Waals surface area contributed by atoms with Crippen LogP contribution in [-0.4, -0.2) is 71.0 Å². The molecule has 1 saturated heterocycles. The summed E-state index contributed by atoms with van der Waals surface area (Å²) in [4.78, 5) is 15.5. The number of unbranched alkanes of at least 4 members (excludes halogenated alkanes) is 2. The largest absolute Gasteiger partial charge is 0.497 e. The molecule has 1 atom stereocenters. The number of hydrogen-bond donors (Lipinski definition) is 1. The van der Waals surface area contributed by atoms with Crippen LogP contribution in [0.2, 0.25) is 0 Å². The van der Waals surface area contributed by atoms with Crippen LogP contribution in [-0.2, 0) is 21.1 Å². The summed E-state index contributed by atoms with van der Waals surface area (Å²) in [5.41, 5.74) is 1.11. The molecule has 2 aliphatic heterocycles. The van der Waals surface area contributed by atoms with E-state index < -0.39 is 9.84 Å². The lowest BCUT2D eigenvalue weighted by molar-refractivity contribution is -0.122. The predicted molar refractivity (Wildman–Crippen MR) is 142 cm³/mol. The van der Waals surface area contributed by atoms with Crippen LogP contribution in [0.1, 0.15) is 44.1 Å². The molecule has 4 rings (SSSR count). The molecule has 1 amide bonds. The summed E-state index contributed by atoms with van der Waals surface area (Å²) >= 11 is 0. The number of hydrogen-bond acceptors (Lipinski definition) is 7. The predicted octanol–water partition coefficient (Wildman–Crippen LogP) is 3.62. The molecular formula is C28H38N2O6S. The van der Waals surface area contributed by atoms with E-state index in [4.69, 9.17) is 14.2 Å². The minimum atomic E-state index is -3.34. The van der Waals surface area contributed by atoms with Crippen molar-refractivity contribution in [3.8, 4) is 17.2 Å². The van der Waals surface area contributed by atoms with Crippen LogP contribution in [0.15, 0.2) is 47.4 Å². The summed E-state index contributed by atoms with van der Waals surface area (Å²) in [7, 11) is -1.79. The van der Waals surface area contributed by atoms with Gasteiger partial charge < -0.3 is 24.4 Å². The van der Waals surface area contributed by atoms with Gasteiger partial charge in [-0.05, 0) is 87.2 Å². The van der Waals surface area contributed by atoms with E-state index in [1.807, 2.05) is 18.2 Å². The third-order valence-electron chi connectivity index (χ3n) is 6.87. The maximum absolute atomic E-state index is 12.8. The molecule has 2 aliphatic rings. The van der Waals surface area contributed by atoms with Gasteiger partial charge in [0.1, 0.15) is 19.0 Å². The monoisotopic (exact) mass is 530 g/mol. The zero-order valence-electron chi connectivity index (χ0n) is 21.6. The first-order chi connectivity index (χ1) is 17.9. The molecule has 1 unspecified atom stereocenters. The van der Waals surface area contributed by atoms with Crippen molar-refractivity contribution in [2.75, 3.05) is 45.7 Å². The van der Waals surface area contributed by atoms with Crippen LogP contribution in [0.3, 0.4) is 0 Å². The number of methoxy groups -OCH3 is 1. The molecule has 1 N–H and O–H groups in total. The van der Waals surface area contributed by atoms with Crippen LogP contribution < -0.4 is 19.5 Å². The maximum atomic E-state index is 12.8. The van der Waals surface area contributed by atoms with E-state index in [0.29, 0.717) is 49.5 Å². The number of nitrogens with one attached hydrogen (secondary N) is 1. The average molecular weight is 531 g/mol. The van der Waals surface area contributed by atoms with Crippen LogP contribution >= 0.6 is 0 Å². The standard InChI is InChI=1S/C28H38N2O6S/c1-34-24-9-11-25(12-10-24)37(32,33)18-6-2-3-7-28(31)29-23(21-30-14-4-5-15-30)19-22-8-13-26-27(20-22)36-17-16-35-26/h8-13,20,23H,2-7,14-19,21H2,1H3,(H,29,31). The molecule has 1 fully saturated rings. The number of fused-ring (bicyclic) bond motifs is 1. The molecule has 0 bridgehead atoms. The van der Waals surface area contributed by atoms with Gasteiger partial charge >= 0.3 is 0 Å². The lowest BCUT2D eigenvalue weighted by Gasteiger charge is -2.25. The van der Waals surface area contributed by atoms with Crippen molar-refractivity contribution in [3.63, 3.8) is 0 Å². The van der Waals surface area contributed by atoms with Gasteiger partial charge in [0.25, 0.3) is 0 Å². The highest BCUT2D eigenvalue weighted by Crippen LogP contribution is 2.31. The quantitative estimate of drug-likeness (QED) is 0.395. The second-order valence-electron chi connectivity index (χ2n) is 9.76. The summed E-state index contributed by atoms with van der Waals surface area (Å²) in [6, 6.07) is 12.5. The zero-order valence-corrected chi connectivity index (χ0v) is 22.4. The van der Waals surface area contributed by atoms with E-state index in [1.54, 1.807) is 31.4 Å². The van der Waals surface area contributed by atoms with Crippen molar-refractivity contribution in [3.05, 3.63) is 48.0 Å². The molecule has 2 aromatic carbocycles. The molecule has 2 heterocycles. The van der Waals surface area contributed by atoms with Crippen molar-refractivity contribution in [1.82, 2.24) is 10.2 Å². The fraction of sp³-hybridized carbons (Fsp3) is 0.536. The number of sulfone groups is 1. The number of rotatable bonds is 13. The minimum Gasteiger partial charge on any atom is -0.497 e. The molecule has 37 heavy (non-hydrogen) atoms. The molecule has 202 valence electrons.